The van der Waals surface area contributed by atoms with Gasteiger partial charge in [-0.3, -0.25) is 9.59 Å². The average molecular weight is 373 g/mol. The molecular formula is C21H27NO5. The molecule has 6 nitrogen and oxygen atoms in total. The largest absolute Gasteiger partial charge is 0.486 e. The van der Waals surface area contributed by atoms with E-state index in [1.165, 1.54) is 0 Å². The standard InChI is InChI=1S/C21H27NO5/c23-19(14-4-3-5-15(12-14)20(24)25)22-21(8-1-2-9-21)16-6-7-17-18(13-16)27-11-10-26-17/h6-7,13-15H,1-5,8-12H2,(H,22,23)(H,24,25). The van der Waals surface area contributed by atoms with Gasteiger partial charge in [-0.05, 0) is 49.8 Å². The van der Waals surface area contributed by atoms with Gasteiger partial charge < -0.3 is 19.9 Å². The third kappa shape index (κ3) is 3.62. The predicted octanol–water partition coefficient (Wildman–Crippen LogP) is 3.23. The molecule has 0 saturated heterocycles. The van der Waals surface area contributed by atoms with Gasteiger partial charge in [-0.25, -0.2) is 0 Å². The minimum Gasteiger partial charge on any atom is -0.486 e. The fraction of sp³-hybridized carbons (Fsp3) is 0.619. The molecule has 0 bridgehead atoms. The lowest BCUT2D eigenvalue weighted by Gasteiger charge is -2.35. The molecule has 2 aliphatic carbocycles. The Bertz CT molecular complexity index is 725. The number of benzene rings is 1. The van der Waals surface area contributed by atoms with E-state index in [1.54, 1.807) is 0 Å². The highest BCUT2D eigenvalue weighted by Gasteiger charge is 2.40. The van der Waals surface area contributed by atoms with E-state index in [1.807, 2.05) is 18.2 Å². The second-order valence-electron chi connectivity index (χ2n) is 8.04. The van der Waals surface area contributed by atoms with Crippen LogP contribution in [-0.4, -0.2) is 30.2 Å². The lowest BCUT2D eigenvalue weighted by Crippen LogP contribution is -2.47. The lowest BCUT2D eigenvalue weighted by atomic mass is 9.80. The zero-order chi connectivity index (χ0) is 18.9. The smallest absolute Gasteiger partial charge is 0.306 e. The Morgan fingerprint density at radius 1 is 1.00 bits per heavy atom. The van der Waals surface area contributed by atoms with Crippen LogP contribution in [0.15, 0.2) is 18.2 Å². The van der Waals surface area contributed by atoms with Crippen molar-refractivity contribution in [3.05, 3.63) is 23.8 Å². The van der Waals surface area contributed by atoms with Gasteiger partial charge in [-0.1, -0.05) is 25.3 Å². The third-order valence-corrected chi connectivity index (χ3v) is 6.31. The molecule has 1 aromatic rings. The highest BCUT2D eigenvalue weighted by molar-refractivity contribution is 5.81. The Balaban J connectivity index is 1.54. The molecule has 27 heavy (non-hydrogen) atoms. The van der Waals surface area contributed by atoms with Gasteiger partial charge in [0.2, 0.25) is 5.91 Å². The maximum atomic E-state index is 13.0. The summed E-state index contributed by atoms with van der Waals surface area (Å²) >= 11 is 0. The summed E-state index contributed by atoms with van der Waals surface area (Å²) in [5.74, 6) is 0.0921. The summed E-state index contributed by atoms with van der Waals surface area (Å²) < 4.78 is 11.3. The number of carbonyl (C=O) groups is 2. The lowest BCUT2D eigenvalue weighted by molar-refractivity contribution is -0.144. The molecule has 3 aliphatic rings. The van der Waals surface area contributed by atoms with E-state index in [9.17, 15) is 14.7 Å². The van der Waals surface area contributed by atoms with Gasteiger partial charge in [0.25, 0.3) is 0 Å². The molecule has 2 atom stereocenters. The summed E-state index contributed by atoms with van der Waals surface area (Å²) in [6.07, 6.45) is 6.61. The molecule has 0 spiro atoms. The number of ether oxygens (including phenoxy) is 2. The third-order valence-electron chi connectivity index (χ3n) is 6.31. The summed E-state index contributed by atoms with van der Waals surface area (Å²) in [7, 11) is 0. The number of nitrogens with one attached hydrogen (secondary N) is 1. The minimum atomic E-state index is -0.782. The monoisotopic (exact) mass is 373 g/mol. The first-order valence-corrected chi connectivity index (χ1v) is 10.0. The number of carboxylic acids is 1. The molecule has 2 fully saturated rings. The van der Waals surface area contributed by atoms with Crippen molar-refractivity contribution in [3.63, 3.8) is 0 Å². The molecule has 2 saturated carbocycles. The van der Waals surface area contributed by atoms with Crippen LogP contribution in [-0.2, 0) is 15.1 Å². The second kappa shape index (κ2) is 7.41. The summed E-state index contributed by atoms with van der Waals surface area (Å²) in [4.78, 5) is 24.4. The Hall–Kier alpha value is -2.24. The molecule has 1 heterocycles. The molecule has 1 aliphatic heterocycles. The Kier molecular flexibility index (Phi) is 4.98. The van der Waals surface area contributed by atoms with Crippen LogP contribution in [0.3, 0.4) is 0 Å². The van der Waals surface area contributed by atoms with Gasteiger partial charge in [0.05, 0.1) is 11.5 Å². The van der Waals surface area contributed by atoms with Crippen molar-refractivity contribution in [1.82, 2.24) is 5.32 Å². The maximum Gasteiger partial charge on any atom is 0.306 e. The molecule has 2 unspecified atom stereocenters. The van der Waals surface area contributed by atoms with Crippen LogP contribution in [0.25, 0.3) is 0 Å². The molecule has 6 heteroatoms. The summed E-state index contributed by atoms with van der Waals surface area (Å²) in [6.45, 7) is 1.09. The van der Waals surface area contributed by atoms with Gasteiger partial charge in [0.1, 0.15) is 13.2 Å². The van der Waals surface area contributed by atoms with Crippen LogP contribution < -0.4 is 14.8 Å². The van der Waals surface area contributed by atoms with E-state index in [-0.39, 0.29) is 17.4 Å². The minimum absolute atomic E-state index is 0.00209. The summed E-state index contributed by atoms with van der Waals surface area (Å²) in [6, 6.07) is 5.96. The van der Waals surface area contributed by atoms with Crippen molar-refractivity contribution >= 4 is 11.9 Å². The van der Waals surface area contributed by atoms with Crippen molar-refractivity contribution in [2.75, 3.05) is 13.2 Å². The second-order valence-corrected chi connectivity index (χ2v) is 8.04. The van der Waals surface area contributed by atoms with Crippen molar-refractivity contribution < 1.29 is 24.2 Å². The molecule has 2 N–H and O–H groups in total. The van der Waals surface area contributed by atoms with Gasteiger partial charge in [-0.15, -0.1) is 0 Å². The van der Waals surface area contributed by atoms with Gasteiger partial charge in [-0.2, -0.15) is 0 Å². The fourth-order valence-electron chi connectivity index (χ4n) is 4.80. The van der Waals surface area contributed by atoms with Gasteiger partial charge >= 0.3 is 5.97 Å². The molecule has 0 radical (unpaired) electrons. The maximum absolute atomic E-state index is 13.0. The molecular weight excluding hydrogens is 346 g/mol. The van der Waals surface area contributed by atoms with E-state index in [2.05, 4.69) is 5.32 Å². The first-order valence-electron chi connectivity index (χ1n) is 10.0. The number of carboxylic acid groups (broad SMARTS) is 1. The van der Waals surface area contributed by atoms with Crippen molar-refractivity contribution in [1.29, 1.82) is 0 Å². The van der Waals surface area contributed by atoms with E-state index in [0.29, 0.717) is 26.1 Å². The highest BCUT2D eigenvalue weighted by Crippen LogP contribution is 2.43. The van der Waals surface area contributed by atoms with Gasteiger partial charge in [0, 0.05) is 5.92 Å². The number of hydrogen-bond donors (Lipinski definition) is 2. The van der Waals surface area contributed by atoms with Gasteiger partial charge in [0.15, 0.2) is 11.5 Å². The van der Waals surface area contributed by atoms with Crippen LogP contribution in [0, 0.1) is 11.8 Å². The number of amides is 1. The quantitative estimate of drug-likeness (QED) is 0.846. The molecule has 1 amide bonds. The molecule has 146 valence electrons. The SMILES string of the molecule is O=C(O)C1CCCC(C(=O)NC2(c3ccc4c(c3)OCCO4)CCCC2)C1. The van der Waals surface area contributed by atoms with E-state index in [4.69, 9.17) is 9.47 Å². The first-order chi connectivity index (χ1) is 13.1. The number of fused-ring (bicyclic) bond motifs is 1. The van der Waals surface area contributed by atoms with Crippen LogP contribution >= 0.6 is 0 Å². The average Bonchev–Trinajstić information content (AvgIpc) is 3.17. The van der Waals surface area contributed by atoms with E-state index in [0.717, 1.165) is 55.6 Å². The van der Waals surface area contributed by atoms with E-state index < -0.39 is 11.9 Å². The summed E-state index contributed by atoms with van der Waals surface area (Å²) in [5.41, 5.74) is 0.673. The van der Waals surface area contributed by atoms with E-state index >= 15 is 0 Å². The normalized spacial score (nSPS) is 26.4. The Morgan fingerprint density at radius 2 is 1.70 bits per heavy atom. The Labute approximate surface area is 159 Å². The van der Waals surface area contributed by atoms with Crippen LogP contribution in [0.4, 0.5) is 0 Å². The van der Waals surface area contributed by atoms with Crippen LogP contribution in [0.1, 0.15) is 56.9 Å². The fourth-order valence-corrected chi connectivity index (χ4v) is 4.80. The van der Waals surface area contributed by atoms with Crippen LogP contribution in [0.5, 0.6) is 11.5 Å². The van der Waals surface area contributed by atoms with Crippen molar-refractivity contribution in [3.8, 4) is 11.5 Å². The topological polar surface area (TPSA) is 84.9 Å². The van der Waals surface area contributed by atoms with Crippen molar-refractivity contribution in [2.24, 2.45) is 11.8 Å². The highest BCUT2D eigenvalue weighted by atomic mass is 16.6. The first kappa shape index (κ1) is 18.1. The van der Waals surface area contributed by atoms with Crippen molar-refractivity contribution in [2.45, 2.75) is 56.9 Å². The zero-order valence-electron chi connectivity index (χ0n) is 15.5. The Morgan fingerprint density at radius 3 is 2.44 bits per heavy atom. The van der Waals surface area contributed by atoms with Crippen LogP contribution in [0.2, 0.25) is 0 Å². The number of carbonyl (C=O) groups excluding carboxylic acids is 1. The number of hydrogen-bond acceptors (Lipinski definition) is 4. The molecule has 1 aromatic carbocycles. The molecule has 4 rings (SSSR count). The predicted molar refractivity (Wildman–Crippen MR) is 98.8 cm³/mol. The number of rotatable bonds is 4. The zero-order valence-corrected chi connectivity index (χ0v) is 15.5. The number of aliphatic carboxylic acids is 1. The summed E-state index contributed by atoms with van der Waals surface area (Å²) in [5, 5.41) is 12.6. The molecule has 0 aromatic heterocycles.